The first kappa shape index (κ1) is 23.5. The lowest BCUT2D eigenvalue weighted by molar-refractivity contribution is -0.155. The van der Waals surface area contributed by atoms with E-state index in [0.29, 0.717) is 12.1 Å². The number of carbonyl (C=O) groups excluding carboxylic acids is 1. The van der Waals surface area contributed by atoms with Gasteiger partial charge in [0.1, 0.15) is 11.5 Å². The van der Waals surface area contributed by atoms with E-state index in [-0.39, 0.29) is 19.8 Å². The second-order valence-electron chi connectivity index (χ2n) is 6.34. The average Bonchev–Trinajstić information content (AvgIpc) is 2.58. The van der Waals surface area contributed by atoms with Crippen molar-refractivity contribution in [2.75, 3.05) is 5.84 Å². The number of esters is 1. The highest BCUT2D eigenvalue weighted by atomic mass is 79.9. The van der Waals surface area contributed by atoms with Gasteiger partial charge >= 0.3 is 23.0 Å². The van der Waals surface area contributed by atoms with Crippen molar-refractivity contribution in [3.63, 3.8) is 0 Å². The molecule has 0 spiro atoms. The molecule has 0 aliphatic heterocycles. The molecule has 0 unspecified atom stereocenters. The predicted octanol–water partition coefficient (Wildman–Crippen LogP) is 1.92. The monoisotopic (exact) mass is 513 g/mol. The van der Waals surface area contributed by atoms with Crippen LogP contribution in [0.3, 0.4) is 0 Å². The van der Waals surface area contributed by atoms with E-state index < -0.39 is 56.9 Å². The van der Waals surface area contributed by atoms with Crippen molar-refractivity contribution in [3.8, 4) is 5.69 Å². The molecule has 9 nitrogen and oxygen atoms in total. The third kappa shape index (κ3) is 4.36. The van der Waals surface area contributed by atoms with Crippen LogP contribution in [0.5, 0.6) is 0 Å². The van der Waals surface area contributed by atoms with Crippen molar-refractivity contribution in [1.82, 2.24) is 9.24 Å². The molecule has 1 heterocycles. The van der Waals surface area contributed by atoms with Gasteiger partial charge in [0.05, 0.1) is 11.3 Å². The molecule has 14 heteroatoms. The summed E-state index contributed by atoms with van der Waals surface area (Å²) in [5, 5.41) is 4.89. The van der Waals surface area contributed by atoms with Crippen LogP contribution in [0, 0.1) is 5.82 Å². The molecule has 0 fully saturated rings. The molecule has 2 aromatic rings. The second kappa shape index (κ2) is 7.80. The third-order valence-corrected chi connectivity index (χ3v) is 4.64. The number of hydrogen-bond acceptors (Lipinski definition) is 6. The number of nitrogen functional groups attached to an aromatic ring is 1. The molecule has 0 amide bonds. The number of rotatable bonds is 5. The Kier molecular flexibility index (Phi) is 6.10. The molecule has 0 atom stereocenters. The largest absolute Gasteiger partial charge is 0.478 e. The lowest BCUT2D eigenvalue weighted by atomic mass is 10.1. The number of aliphatic carboxylic acids is 1. The number of alkyl halides is 3. The average molecular weight is 515 g/mol. The van der Waals surface area contributed by atoms with Gasteiger partial charge in [0.25, 0.3) is 5.56 Å². The van der Waals surface area contributed by atoms with Crippen molar-refractivity contribution in [2.45, 2.75) is 24.8 Å². The van der Waals surface area contributed by atoms with E-state index in [0.717, 1.165) is 13.8 Å². The summed E-state index contributed by atoms with van der Waals surface area (Å²) in [6.07, 6.45) is 0. The van der Waals surface area contributed by atoms with E-state index in [2.05, 4.69) is 15.9 Å². The fraction of sp³-hybridized carbons (Fsp3) is 0.250. The van der Waals surface area contributed by atoms with Gasteiger partial charge in [-0.25, -0.2) is 28.0 Å². The summed E-state index contributed by atoms with van der Waals surface area (Å²) in [6.45, 7) is 2.16. The molecule has 1 aromatic heterocycles. The first-order valence-electron chi connectivity index (χ1n) is 7.75. The molecule has 2 rings (SSSR count). The van der Waals surface area contributed by atoms with Crippen LogP contribution >= 0.6 is 27.5 Å². The Balaban J connectivity index is 2.71. The number of carboxylic acids is 1. The number of benzene rings is 1. The normalized spacial score (nSPS) is 12.0. The Hall–Kier alpha value is -2.80. The summed E-state index contributed by atoms with van der Waals surface area (Å²) in [6, 6.07) is 1.61. The van der Waals surface area contributed by atoms with E-state index >= 15 is 0 Å². The van der Waals surface area contributed by atoms with E-state index in [1.54, 1.807) is 0 Å². The van der Waals surface area contributed by atoms with Gasteiger partial charge in [0.2, 0.25) is 5.60 Å². The Morgan fingerprint density at radius 2 is 1.80 bits per heavy atom. The van der Waals surface area contributed by atoms with Crippen molar-refractivity contribution >= 4 is 39.5 Å². The predicted molar refractivity (Wildman–Crippen MR) is 101 cm³/mol. The maximum Gasteiger partial charge on any atom is 0.365 e. The number of nitrogens with two attached hydrogens (primary N) is 1. The Morgan fingerprint density at radius 3 is 2.30 bits per heavy atom. The minimum atomic E-state index is -4.16. The van der Waals surface area contributed by atoms with Crippen LogP contribution < -0.4 is 17.1 Å². The number of nitrogens with zero attached hydrogens (tertiary/aromatic N) is 2. The lowest BCUT2D eigenvalue weighted by Gasteiger charge is -2.20. The van der Waals surface area contributed by atoms with Crippen molar-refractivity contribution in [1.29, 1.82) is 0 Å². The molecule has 162 valence electrons. The fourth-order valence-corrected chi connectivity index (χ4v) is 2.81. The molecular formula is C16H12BrClF3N3O6. The molecule has 0 bridgehead atoms. The first-order chi connectivity index (χ1) is 13.6. The van der Waals surface area contributed by atoms with Crippen LogP contribution in [0.1, 0.15) is 29.9 Å². The summed E-state index contributed by atoms with van der Waals surface area (Å²) in [4.78, 5) is 48.0. The van der Waals surface area contributed by atoms with E-state index in [1.807, 2.05) is 0 Å². The molecule has 0 radical (unpaired) electrons. The number of hydrogen-bond donors (Lipinski definition) is 2. The Bertz CT molecular complexity index is 1170. The van der Waals surface area contributed by atoms with Gasteiger partial charge in [-0.05, 0) is 53.5 Å². The minimum absolute atomic E-state index is 0.0903. The summed E-state index contributed by atoms with van der Waals surface area (Å²) in [5.41, 5.74) is -7.57. The molecule has 1 aromatic carbocycles. The van der Waals surface area contributed by atoms with Crippen LogP contribution in [-0.2, 0) is 14.9 Å². The van der Waals surface area contributed by atoms with Gasteiger partial charge in [-0.15, -0.1) is 0 Å². The zero-order valence-corrected chi connectivity index (χ0v) is 17.4. The van der Waals surface area contributed by atoms with Crippen LogP contribution in [0.15, 0.2) is 32.3 Å². The Labute approximate surface area is 178 Å². The van der Waals surface area contributed by atoms with Crippen molar-refractivity contribution < 1.29 is 32.6 Å². The minimum Gasteiger partial charge on any atom is -0.478 e. The Morgan fingerprint density at radius 1 is 1.23 bits per heavy atom. The smallest absolute Gasteiger partial charge is 0.365 e. The van der Waals surface area contributed by atoms with Gasteiger partial charge < -0.3 is 15.7 Å². The number of carbonyl (C=O) groups is 2. The molecular weight excluding hydrogens is 503 g/mol. The lowest BCUT2D eigenvalue weighted by Crippen LogP contribution is -2.45. The third-order valence-electron chi connectivity index (χ3n) is 3.79. The molecule has 0 aliphatic rings. The van der Waals surface area contributed by atoms with Crippen molar-refractivity contribution in [3.05, 3.63) is 60.6 Å². The molecule has 0 saturated carbocycles. The highest BCUT2D eigenvalue weighted by Gasteiger charge is 2.35. The summed E-state index contributed by atoms with van der Waals surface area (Å²) in [5.74, 6) is 1.34. The van der Waals surface area contributed by atoms with Crippen LogP contribution in [0.2, 0.25) is 0 Å². The quantitative estimate of drug-likeness (QED) is 0.354. The second-order valence-corrected chi connectivity index (χ2v) is 7.67. The van der Waals surface area contributed by atoms with Gasteiger partial charge in [-0.3, -0.25) is 4.79 Å². The van der Waals surface area contributed by atoms with Crippen LogP contribution in [0.25, 0.3) is 5.69 Å². The van der Waals surface area contributed by atoms with Gasteiger partial charge in [0, 0.05) is 10.5 Å². The zero-order chi connectivity index (χ0) is 23.2. The number of aromatic nitrogens is 2. The summed E-state index contributed by atoms with van der Waals surface area (Å²) < 4.78 is 45.7. The molecule has 30 heavy (non-hydrogen) atoms. The standard InChI is InChI=1S/C16H12BrClF3N3O6/c1-15(2,13(27)28)30-12(26)6-3-9(8(19)4-7(6)17)23-11(25)5-10(16(18,20)21)24(22)14(23)29/h3-5H,22H2,1-2H3,(H,27,28). The maximum atomic E-state index is 14.5. The van der Waals surface area contributed by atoms with Crippen LogP contribution in [0.4, 0.5) is 13.2 Å². The fourth-order valence-electron chi connectivity index (χ4n) is 2.19. The van der Waals surface area contributed by atoms with E-state index in [1.165, 1.54) is 0 Å². The topological polar surface area (TPSA) is 134 Å². The number of halogens is 5. The van der Waals surface area contributed by atoms with Gasteiger partial charge in [-0.2, -0.15) is 8.78 Å². The molecule has 0 saturated heterocycles. The number of ether oxygens (including phenoxy) is 1. The molecule has 3 N–H and O–H groups in total. The highest BCUT2D eigenvalue weighted by Crippen LogP contribution is 2.30. The van der Waals surface area contributed by atoms with Gasteiger partial charge in [0.15, 0.2) is 0 Å². The van der Waals surface area contributed by atoms with Crippen molar-refractivity contribution in [2.24, 2.45) is 0 Å². The summed E-state index contributed by atoms with van der Waals surface area (Å²) in [7, 11) is 0. The summed E-state index contributed by atoms with van der Waals surface area (Å²) >= 11 is 7.69. The van der Waals surface area contributed by atoms with E-state index in [4.69, 9.17) is 27.3 Å². The molecule has 0 aliphatic carbocycles. The first-order valence-corrected chi connectivity index (χ1v) is 8.92. The maximum absolute atomic E-state index is 14.5. The number of carboxylic acid groups (broad SMARTS) is 1. The zero-order valence-electron chi connectivity index (χ0n) is 15.1. The SMILES string of the molecule is CC(C)(OC(=O)c1cc(-n2c(=O)cc(C(F)(F)Cl)n(N)c2=O)c(F)cc1Br)C(=O)O. The highest BCUT2D eigenvalue weighted by molar-refractivity contribution is 9.10. The van der Waals surface area contributed by atoms with Crippen LogP contribution in [-0.4, -0.2) is 31.9 Å². The van der Waals surface area contributed by atoms with Gasteiger partial charge in [-0.1, -0.05) is 0 Å². The van der Waals surface area contributed by atoms with E-state index in [9.17, 15) is 32.3 Å².